The van der Waals surface area contributed by atoms with E-state index in [2.05, 4.69) is 11.4 Å². The Morgan fingerprint density at radius 2 is 1.85 bits per heavy atom. The van der Waals surface area contributed by atoms with Crippen LogP contribution < -0.4 is 16.0 Å². The van der Waals surface area contributed by atoms with Crippen LogP contribution in [-0.2, 0) is 16.0 Å². The van der Waals surface area contributed by atoms with Crippen LogP contribution in [0.5, 0.6) is 0 Å². The van der Waals surface area contributed by atoms with Crippen molar-refractivity contribution in [2.24, 2.45) is 17.6 Å². The van der Waals surface area contributed by atoms with E-state index in [4.69, 9.17) is 5.73 Å². The maximum Gasteiger partial charge on any atom is 0.250 e. The third-order valence-electron chi connectivity index (χ3n) is 6.25. The molecule has 1 aromatic rings. The topological polar surface area (TPSA) is 75.4 Å². The van der Waals surface area contributed by atoms with Crippen LogP contribution in [0.2, 0.25) is 0 Å². The predicted octanol–water partition coefficient (Wildman–Crippen LogP) is 2.54. The molecule has 1 aromatic carbocycles. The van der Waals surface area contributed by atoms with Crippen LogP contribution in [0.4, 0.5) is 5.69 Å². The van der Waals surface area contributed by atoms with Crippen molar-refractivity contribution in [1.82, 2.24) is 5.32 Å². The lowest BCUT2D eigenvalue weighted by Crippen LogP contribution is -2.48. The molecule has 2 saturated carbocycles. The quantitative estimate of drug-likeness (QED) is 0.759. The highest BCUT2D eigenvalue weighted by atomic mass is 16.2. The zero-order valence-electron chi connectivity index (χ0n) is 15.8. The van der Waals surface area contributed by atoms with E-state index in [0.717, 1.165) is 44.3 Å². The van der Waals surface area contributed by atoms with Gasteiger partial charge < -0.3 is 16.0 Å². The Morgan fingerprint density at radius 1 is 1.11 bits per heavy atom. The van der Waals surface area contributed by atoms with Gasteiger partial charge in [0.25, 0.3) is 5.91 Å². The lowest BCUT2D eigenvalue weighted by Gasteiger charge is -2.22. The van der Waals surface area contributed by atoms with E-state index < -0.39 is 6.04 Å². The maximum atomic E-state index is 12.7. The van der Waals surface area contributed by atoms with E-state index in [1.807, 2.05) is 29.2 Å². The van der Waals surface area contributed by atoms with E-state index in [0.29, 0.717) is 11.8 Å². The summed E-state index contributed by atoms with van der Waals surface area (Å²) in [6.45, 7) is 0.718. The average Bonchev–Trinajstić information content (AvgIpc) is 3.20. The van der Waals surface area contributed by atoms with Gasteiger partial charge in [0, 0.05) is 18.3 Å². The number of hydrogen-bond donors (Lipinski definition) is 2. The lowest BCUT2D eigenvalue weighted by atomic mass is 9.97. The van der Waals surface area contributed by atoms with Gasteiger partial charge in [0.1, 0.15) is 0 Å². The Balaban J connectivity index is 1.38. The Bertz CT molecular complexity index is 735. The molecule has 3 N–H and O–H groups in total. The van der Waals surface area contributed by atoms with Gasteiger partial charge in [-0.25, -0.2) is 0 Å². The summed E-state index contributed by atoms with van der Waals surface area (Å²) in [5.74, 6) is 0.651. The summed E-state index contributed by atoms with van der Waals surface area (Å²) in [5, 5.41) is 3.10. The molecule has 1 aliphatic heterocycles. The molecule has 5 nitrogen and oxygen atoms in total. The zero-order valence-corrected chi connectivity index (χ0v) is 15.8. The van der Waals surface area contributed by atoms with Crippen LogP contribution in [0.15, 0.2) is 36.4 Å². The number of anilines is 1. The summed E-state index contributed by atoms with van der Waals surface area (Å²) in [6, 6.07) is 7.52. The second kappa shape index (κ2) is 7.85. The number of para-hydroxylation sites is 1. The van der Waals surface area contributed by atoms with Crippen molar-refractivity contribution in [2.45, 2.75) is 57.0 Å². The van der Waals surface area contributed by atoms with Crippen molar-refractivity contribution < 1.29 is 9.59 Å². The van der Waals surface area contributed by atoms with Crippen LogP contribution in [0.3, 0.4) is 0 Å². The number of carbonyl (C=O) groups excluding carboxylic acids is 2. The van der Waals surface area contributed by atoms with Crippen molar-refractivity contribution in [2.75, 3.05) is 11.4 Å². The second-order valence-corrected chi connectivity index (χ2v) is 8.17. The molecule has 27 heavy (non-hydrogen) atoms. The number of nitrogens with two attached hydrogens (primary N) is 1. The van der Waals surface area contributed by atoms with Gasteiger partial charge in [0.15, 0.2) is 0 Å². The first-order valence-corrected chi connectivity index (χ1v) is 10.3. The summed E-state index contributed by atoms with van der Waals surface area (Å²) in [5.41, 5.74) is 8.41. The number of nitrogens with zero attached hydrogens (tertiary/aromatic N) is 1. The third kappa shape index (κ3) is 4.08. The normalized spacial score (nSPS) is 22.0. The number of rotatable bonds is 6. The predicted molar refractivity (Wildman–Crippen MR) is 106 cm³/mol. The molecule has 1 heterocycles. The minimum Gasteiger partial charge on any atom is -0.348 e. The summed E-state index contributed by atoms with van der Waals surface area (Å²) >= 11 is 0. The van der Waals surface area contributed by atoms with E-state index in [1.54, 1.807) is 6.08 Å². The minimum atomic E-state index is -0.427. The molecule has 0 bridgehead atoms. The van der Waals surface area contributed by atoms with Crippen LogP contribution in [0, 0.1) is 11.8 Å². The van der Waals surface area contributed by atoms with E-state index in [-0.39, 0.29) is 17.9 Å². The molecule has 2 unspecified atom stereocenters. The number of amides is 2. The zero-order chi connectivity index (χ0) is 18.8. The number of benzene rings is 1. The highest BCUT2D eigenvalue weighted by Gasteiger charge is 2.34. The molecule has 2 fully saturated rings. The molecule has 144 valence electrons. The van der Waals surface area contributed by atoms with E-state index in [1.165, 1.54) is 18.4 Å². The third-order valence-corrected chi connectivity index (χ3v) is 6.25. The highest BCUT2D eigenvalue weighted by Crippen LogP contribution is 2.34. The van der Waals surface area contributed by atoms with Crippen molar-refractivity contribution in [3.05, 3.63) is 42.0 Å². The highest BCUT2D eigenvalue weighted by molar-refractivity contribution is 6.03. The molecule has 3 aliphatic rings. The van der Waals surface area contributed by atoms with Crippen LogP contribution >= 0.6 is 0 Å². The van der Waals surface area contributed by atoms with Gasteiger partial charge in [0.2, 0.25) is 5.91 Å². The molecule has 4 rings (SSSR count). The van der Waals surface area contributed by atoms with Gasteiger partial charge in [-0.05, 0) is 55.6 Å². The molecule has 2 amide bonds. The monoisotopic (exact) mass is 367 g/mol. The van der Waals surface area contributed by atoms with Gasteiger partial charge in [-0.2, -0.15) is 0 Å². The smallest absolute Gasteiger partial charge is 0.250 e. The maximum absolute atomic E-state index is 12.7. The van der Waals surface area contributed by atoms with Crippen molar-refractivity contribution in [3.8, 4) is 0 Å². The lowest BCUT2D eigenvalue weighted by molar-refractivity contribution is -0.124. The first kappa shape index (κ1) is 18.2. The van der Waals surface area contributed by atoms with Crippen molar-refractivity contribution in [3.63, 3.8) is 0 Å². The molecule has 2 aliphatic carbocycles. The van der Waals surface area contributed by atoms with E-state index in [9.17, 15) is 9.59 Å². The van der Waals surface area contributed by atoms with Gasteiger partial charge in [0.05, 0.1) is 12.1 Å². The Morgan fingerprint density at radius 3 is 2.59 bits per heavy atom. The van der Waals surface area contributed by atoms with Crippen molar-refractivity contribution >= 4 is 17.5 Å². The average molecular weight is 367 g/mol. The number of nitrogens with one attached hydrogen (secondary N) is 1. The fraction of sp³-hybridized carbons (Fsp3) is 0.545. The van der Waals surface area contributed by atoms with Gasteiger partial charge in [-0.1, -0.05) is 37.1 Å². The van der Waals surface area contributed by atoms with Crippen LogP contribution in [0.1, 0.15) is 44.1 Å². The number of fused-ring (bicyclic) bond motifs is 1. The summed E-state index contributed by atoms with van der Waals surface area (Å²) in [4.78, 5) is 27.1. The standard InChI is InChI=1S/C22H29N3O2/c23-21(17-6-1-2-7-17)22(27)24-18(15-9-10-15)11-12-20(26)25-14-13-16-5-3-4-8-19(16)25/h3-5,8,11-12,15,17-18,21H,1-2,6-7,9-10,13-14,23H2,(H,24,27). The molecule has 0 saturated heterocycles. The van der Waals surface area contributed by atoms with Gasteiger partial charge in [-0.3, -0.25) is 9.59 Å². The van der Waals surface area contributed by atoms with Crippen molar-refractivity contribution in [1.29, 1.82) is 0 Å². The first-order chi connectivity index (χ1) is 13.1. The molecule has 2 atom stereocenters. The van der Waals surface area contributed by atoms with Gasteiger partial charge >= 0.3 is 0 Å². The summed E-state index contributed by atoms with van der Waals surface area (Å²) < 4.78 is 0. The first-order valence-electron chi connectivity index (χ1n) is 10.3. The van der Waals surface area contributed by atoms with E-state index >= 15 is 0 Å². The second-order valence-electron chi connectivity index (χ2n) is 8.17. The fourth-order valence-corrected chi connectivity index (χ4v) is 4.41. The Hall–Kier alpha value is -2.14. The molecular formula is C22H29N3O2. The van der Waals surface area contributed by atoms with Gasteiger partial charge in [-0.15, -0.1) is 0 Å². The SMILES string of the molecule is NC(C(=O)NC(C=CC(=O)N1CCc2ccccc21)C1CC1)C1CCCC1. The Kier molecular flexibility index (Phi) is 5.30. The largest absolute Gasteiger partial charge is 0.348 e. The minimum absolute atomic E-state index is 0.0139. The summed E-state index contributed by atoms with van der Waals surface area (Å²) in [6.07, 6.45) is 11.0. The molecular weight excluding hydrogens is 338 g/mol. The molecule has 0 spiro atoms. The van der Waals surface area contributed by atoms with Crippen LogP contribution in [0.25, 0.3) is 0 Å². The fourth-order valence-electron chi connectivity index (χ4n) is 4.41. The number of carbonyl (C=O) groups is 2. The summed E-state index contributed by atoms with van der Waals surface area (Å²) in [7, 11) is 0. The number of hydrogen-bond acceptors (Lipinski definition) is 3. The molecule has 5 heteroatoms. The molecule has 0 aromatic heterocycles. The van der Waals surface area contributed by atoms with Crippen LogP contribution in [-0.4, -0.2) is 30.4 Å². The Labute approximate surface area is 161 Å². The molecule has 0 radical (unpaired) electrons.